The van der Waals surface area contributed by atoms with Crippen LogP contribution in [0.5, 0.6) is 0 Å². The molecule has 0 saturated carbocycles. The van der Waals surface area contributed by atoms with Crippen LogP contribution in [0, 0.1) is 5.82 Å². The maximum absolute atomic E-state index is 13.7. The second-order valence-corrected chi connectivity index (χ2v) is 6.81. The van der Waals surface area contributed by atoms with E-state index in [1.807, 2.05) is 0 Å². The lowest BCUT2D eigenvalue weighted by molar-refractivity contribution is -0.131. The maximum Gasteiger partial charge on any atom is 0.267 e. The summed E-state index contributed by atoms with van der Waals surface area (Å²) < 4.78 is 15.5. The zero-order valence-electron chi connectivity index (χ0n) is 12.1. The molecule has 0 bridgehead atoms. The number of thioether (sulfide) groups is 1. The smallest absolute Gasteiger partial charge is 0.267 e. The molecule has 1 saturated heterocycles. The van der Waals surface area contributed by atoms with Crippen LogP contribution in [0.2, 0.25) is 0 Å². The molecule has 23 heavy (non-hydrogen) atoms. The van der Waals surface area contributed by atoms with Crippen LogP contribution in [0.1, 0.15) is 5.56 Å². The highest BCUT2D eigenvalue weighted by Crippen LogP contribution is 2.14. The van der Waals surface area contributed by atoms with Crippen molar-refractivity contribution >= 4 is 34.9 Å². The van der Waals surface area contributed by atoms with Gasteiger partial charge in [0.2, 0.25) is 5.91 Å². The van der Waals surface area contributed by atoms with Crippen LogP contribution in [0.15, 0.2) is 40.8 Å². The van der Waals surface area contributed by atoms with Crippen molar-refractivity contribution in [2.45, 2.75) is 6.54 Å². The van der Waals surface area contributed by atoms with E-state index >= 15 is 0 Å². The van der Waals surface area contributed by atoms with Gasteiger partial charge >= 0.3 is 0 Å². The fourth-order valence-corrected chi connectivity index (χ4v) is 3.81. The summed E-state index contributed by atoms with van der Waals surface area (Å²) in [4.78, 5) is 29.6. The van der Waals surface area contributed by atoms with Crippen LogP contribution in [0.25, 0.3) is 0 Å². The minimum atomic E-state index is -0.370. The van der Waals surface area contributed by atoms with Crippen LogP contribution in [0.4, 0.5) is 4.39 Å². The third-order valence-corrected chi connectivity index (χ3v) is 5.07. The molecule has 2 heterocycles. The van der Waals surface area contributed by atoms with E-state index in [1.165, 1.54) is 34.1 Å². The standard InChI is InChI=1S/C15H14FN3O2S2/c16-12-4-2-1-3-11(12)7-18-5-6-23-15(18)17-13(20)8-19-10-22-9-14(19)21/h1-6H,7-10H2. The predicted octanol–water partition coefficient (Wildman–Crippen LogP) is 1.70. The quantitative estimate of drug-likeness (QED) is 0.842. The molecule has 120 valence electrons. The first kappa shape index (κ1) is 15.9. The Balaban J connectivity index is 1.76. The SMILES string of the molecule is O=C(CN1CSCC1=O)N=c1sccn1Cc1ccccc1F. The fourth-order valence-electron chi connectivity index (χ4n) is 2.16. The van der Waals surface area contributed by atoms with E-state index in [9.17, 15) is 14.0 Å². The zero-order chi connectivity index (χ0) is 16.2. The minimum Gasteiger partial charge on any atom is -0.323 e. The maximum atomic E-state index is 13.7. The Bertz CT molecular complexity index is 800. The Labute approximate surface area is 140 Å². The molecule has 2 aromatic rings. The van der Waals surface area contributed by atoms with Crippen molar-refractivity contribution in [1.29, 1.82) is 0 Å². The molecule has 2 amide bonds. The number of thiazole rings is 1. The largest absolute Gasteiger partial charge is 0.323 e. The molecule has 3 rings (SSSR count). The summed E-state index contributed by atoms with van der Waals surface area (Å²) in [5.74, 6) is 0.247. The van der Waals surface area contributed by atoms with Gasteiger partial charge in [-0.05, 0) is 6.07 Å². The van der Waals surface area contributed by atoms with Crippen molar-refractivity contribution in [1.82, 2.24) is 9.47 Å². The van der Waals surface area contributed by atoms with Crippen molar-refractivity contribution < 1.29 is 14.0 Å². The Morgan fingerprint density at radius 3 is 2.91 bits per heavy atom. The number of carbonyl (C=O) groups excluding carboxylic acids is 2. The molecule has 0 aliphatic carbocycles. The topological polar surface area (TPSA) is 54.7 Å². The number of benzene rings is 1. The molecule has 1 aliphatic heterocycles. The van der Waals surface area contributed by atoms with Crippen molar-refractivity contribution in [3.8, 4) is 0 Å². The van der Waals surface area contributed by atoms with Gasteiger partial charge in [0, 0.05) is 17.1 Å². The second kappa shape index (κ2) is 7.10. The summed E-state index contributed by atoms with van der Waals surface area (Å²) in [6.45, 7) is 0.296. The Morgan fingerprint density at radius 2 is 2.17 bits per heavy atom. The number of rotatable bonds is 4. The molecule has 1 fully saturated rings. The second-order valence-electron chi connectivity index (χ2n) is 4.98. The summed E-state index contributed by atoms with van der Waals surface area (Å²) in [5.41, 5.74) is 0.533. The van der Waals surface area contributed by atoms with E-state index in [2.05, 4.69) is 4.99 Å². The Morgan fingerprint density at radius 1 is 1.35 bits per heavy atom. The molecular formula is C15H14FN3O2S2. The summed E-state index contributed by atoms with van der Waals surface area (Å²) >= 11 is 2.79. The van der Waals surface area contributed by atoms with Gasteiger partial charge in [0.25, 0.3) is 5.91 Å². The average Bonchev–Trinajstić information content (AvgIpc) is 3.12. The van der Waals surface area contributed by atoms with E-state index in [1.54, 1.807) is 34.3 Å². The van der Waals surface area contributed by atoms with E-state index < -0.39 is 0 Å². The fraction of sp³-hybridized carbons (Fsp3) is 0.267. The van der Waals surface area contributed by atoms with Crippen LogP contribution in [-0.4, -0.2) is 39.5 Å². The molecule has 0 atom stereocenters. The number of halogens is 1. The molecule has 8 heteroatoms. The lowest BCUT2D eigenvalue weighted by atomic mass is 10.2. The average molecular weight is 351 g/mol. The van der Waals surface area contributed by atoms with Crippen LogP contribution in [-0.2, 0) is 16.1 Å². The number of hydrogen-bond donors (Lipinski definition) is 0. The van der Waals surface area contributed by atoms with Crippen LogP contribution < -0.4 is 4.80 Å². The third kappa shape index (κ3) is 3.89. The van der Waals surface area contributed by atoms with Gasteiger partial charge in [-0.15, -0.1) is 23.1 Å². The van der Waals surface area contributed by atoms with Crippen LogP contribution in [0.3, 0.4) is 0 Å². The van der Waals surface area contributed by atoms with Crippen molar-refractivity contribution in [2.75, 3.05) is 18.2 Å². The first-order valence-electron chi connectivity index (χ1n) is 6.94. The Kier molecular flexibility index (Phi) is 4.92. The Hall–Kier alpha value is -1.93. The highest BCUT2D eigenvalue weighted by atomic mass is 32.2. The van der Waals surface area contributed by atoms with Crippen LogP contribution >= 0.6 is 23.1 Å². The monoisotopic (exact) mass is 351 g/mol. The lowest BCUT2D eigenvalue weighted by Gasteiger charge is -2.11. The van der Waals surface area contributed by atoms with E-state index in [-0.39, 0.29) is 24.2 Å². The number of amides is 2. The summed E-state index contributed by atoms with van der Waals surface area (Å²) in [5, 5.41) is 1.80. The molecule has 5 nitrogen and oxygen atoms in total. The van der Waals surface area contributed by atoms with Gasteiger partial charge in [-0.3, -0.25) is 9.59 Å². The summed E-state index contributed by atoms with van der Waals surface area (Å²) in [6.07, 6.45) is 1.76. The summed E-state index contributed by atoms with van der Waals surface area (Å²) in [7, 11) is 0. The minimum absolute atomic E-state index is 0.0105. The molecule has 0 N–H and O–H groups in total. The van der Waals surface area contributed by atoms with E-state index in [4.69, 9.17) is 0 Å². The highest BCUT2D eigenvalue weighted by Gasteiger charge is 2.22. The highest BCUT2D eigenvalue weighted by molar-refractivity contribution is 8.00. The van der Waals surface area contributed by atoms with Gasteiger partial charge in [0.15, 0.2) is 4.80 Å². The van der Waals surface area contributed by atoms with Gasteiger partial charge in [-0.1, -0.05) is 18.2 Å². The molecule has 0 radical (unpaired) electrons. The number of aromatic nitrogens is 1. The molecule has 0 spiro atoms. The first-order valence-corrected chi connectivity index (χ1v) is 8.97. The van der Waals surface area contributed by atoms with Crippen molar-refractivity contribution in [3.05, 3.63) is 52.0 Å². The van der Waals surface area contributed by atoms with Crippen molar-refractivity contribution in [2.24, 2.45) is 4.99 Å². The normalized spacial score (nSPS) is 15.4. The molecule has 1 aliphatic rings. The van der Waals surface area contributed by atoms with Crippen molar-refractivity contribution in [3.63, 3.8) is 0 Å². The lowest BCUT2D eigenvalue weighted by Crippen LogP contribution is -2.31. The van der Waals surface area contributed by atoms with E-state index in [0.717, 1.165) is 0 Å². The number of hydrogen-bond acceptors (Lipinski definition) is 4. The van der Waals surface area contributed by atoms with Gasteiger partial charge < -0.3 is 9.47 Å². The van der Waals surface area contributed by atoms with Gasteiger partial charge in [0.1, 0.15) is 12.4 Å². The number of carbonyl (C=O) groups is 2. The van der Waals surface area contributed by atoms with E-state index in [0.29, 0.717) is 28.5 Å². The molecule has 1 aromatic carbocycles. The third-order valence-electron chi connectivity index (χ3n) is 3.33. The van der Waals surface area contributed by atoms with Gasteiger partial charge in [-0.25, -0.2) is 4.39 Å². The first-order chi connectivity index (χ1) is 11.1. The molecule has 0 unspecified atom stereocenters. The predicted molar refractivity (Wildman–Crippen MR) is 87.4 cm³/mol. The van der Waals surface area contributed by atoms with Gasteiger partial charge in [0.05, 0.1) is 18.2 Å². The molecular weight excluding hydrogens is 337 g/mol. The van der Waals surface area contributed by atoms with Gasteiger partial charge in [-0.2, -0.15) is 4.99 Å². The molecule has 1 aromatic heterocycles. The zero-order valence-corrected chi connectivity index (χ0v) is 13.8. The summed E-state index contributed by atoms with van der Waals surface area (Å²) in [6, 6.07) is 6.51. The number of nitrogens with zero attached hydrogens (tertiary/aromatic N) is 3.